The average molecular weight is 293 g/mol. The van der Waals surface area contributed by atoms with Gasteiger partial charge in [0.15, 0.2) is 0 Å². The number of thioether (sulfide) groups is 1. The van der Waals surface area contributed by atoms with Crippen molar-refractivity contribution < 1.29 is 4.74 Å². The first-order valence-corrected chi connectivity index (χ1v) is 8.76. The zero-order chi connectivity index (χ0) is 14.6. The van der Waals surface area contributed by atoms with Crippen LogP contribution in [0, 0.1) is 6.92 Å². The Balaban J connectivity index is 2.03. The fraction of sp³-hybridized carbons (Fsp3) is 0.647. The Labute approximate surface area is 127 Å². The van der Waals surface area contributed by atoms with Crippen molar-refractivity contribution >= 4 is 11.8 Å². The highest BCUT2D eigenvalue weighted by molar-refractivity contribution is 8.00. The quantitative estimate of drug-likeness (QED) is 0.843. The van der Waals surface area contributed by atoms with Crippen LogP contribution in [0.15, 0.2) is 18.2 Å². The summed E-state index contributed by atoms with van der Waals surface area (Å²) in [6.07, 6.45) is 7.71. The van der Waals surface area contributed by atoms with Crippen molar-refractivity contribution in [1.82, 2.24) is 5.32 Å². The fourth-order valence-corrected chi connectivity index (χ4v) is 4.02. The van der Waals surface area contributed by atoms with Crippen LogP contribution in [0.25, 0.3) is 0 Å². The van der Waals surface area contributed by atoms with Crippen molar-refractivity contribution in [2.75, 3.05) is 19.9 Å². The summed E-state index contributed by atoms with van der Waals surface area (Å²) >= 11 is 2.04. The highest BCUT2D eigenvalue weighted by atomic mass is 32.2. The van der Waals surface area contributed by atoms with Gasteiger partial charge in [0.2, 0.25) is 0 Å². The van der Waals surface area contributed by atoms with E-state index in [0.717, 1.165) is 12.3 Å². The Hall–Kier alpha value is -0.670. The van der Waals surface area contributed by atoms with Crippen molar-refractivity contribution in [3.8, 4) is 5.75 Å². The molecule has 0 radical (unpaired) electrons. The van der Waals surface area contributed by atoms with Crippen LogP contribution in [0.3, 0.4) is 0 Å². The van der Waals surface area contributed by atoms with E-state index in [1.165, 1.54) is 36.8 Å². The van der Waals surface area contributed by atoms with Crippen molar-refractivity contribution in [3.63, 3.8) is 0 Å². The summed E-state index contributed by atoms with van der Waals surface area (Å²) in [4.78, 5) is 0. The topological polar surface area (TPSA) is 21.3 Å². The maximum atomic E-state index is 5.53. The SMILES string of the molecule is COc1cc(C)ccc1C(C)NCC1(SC)CCCC1. The highest BCUT2D eigenvalue weighted by Crippen LogP contribution is 2.40. The van der Waals surface area contributed by atoms with E-state index in [4.69, 9.17) is 4.74 Å². The molecule has 1 unspecified atom stereocenters. The third-order valence-electron chi connectivity index (χ3n) is 4.53. The van der Waals surface area contributed by atoms with Crippen LogP contribution in [0.5, 0.6) is 5.75 Å². The molecule has 0 saturated heterocycles. The molecule has 0 spiro atoms. The van der Waals surface area contributed by atoms with Gasteiger partial charge in [-0.05, 0) is 44.6 Å². The standard InChI is InChI=1S/C17H27NOS/c1-13-7-8-15(16(11-13)19-3)14(2)18-12-17(20-4)9-5-6-10-17/h7-8,11,14,18H,5-6,9-10,12H2,1-4H3. The summed E-state index contributed by atoms with van der Waals surface area (Å²) in [6.45, 7) is 5.42. The summed E-state index contributed by atoms with van der Waals surface area (Å²) in [5.41, 5.74) is 2.50. The number of aryl methyl sites for hydroxylation is 1. The molecule has 1 atom stereocenters. The number of methoxy groups -OCH3 is 1. The van der Waals surface area contributed by atoms with Crippen molar-refractivity contribution in [2.24, 2.45) is 0 Å². The van der Waals surface area contributed by atoms with Crippen LogP contribution in [0.1, 0.15) is 49.8 Å². The van der Waals surface area contributed by atoms with Gasteiger partial charge >= 0.3 is 0 Å². The lowest BCUT2D eigenvalue weighted by Gasteiger charge is -2.29. The van der Waals surface area contributed by atoms with Gasteiger partial charge in [0.1, 0.15) is 5.75 Å². The first kappa shape index (κ1) is 15.7. The second kappa shape index (κ2) is 6.86. The lowest BCUT2D eigenvalue weighted by Crippen LogP contribution is -2.36. The molecule has 0 aliphatic heterocycles. The molecule has 1 N–H and O–H groups in total. The molecule has 2 rings (SSSR count). The first-order valence-electron chi connectivity index (χ1n) is 7.53. The van der Waals surface area contributed by atoms with Crippen LogP contribution in [0.4, 0.5) is 0 Å². The molecule has 1 aliphatic rings. The molecular weight excluding hydrogens is 266 g/mol. The van der Waals surface area contributed by atoms with Gasteiger partial charge in [-0.25, -0.2) is 0 Å². The molecule has 0 bridgehead atoms. The summed E-state index contributed by atoms with van der Waals surface area (Å²) in [7, 11) is 1.76. The molecule has 20 heavy (non-hydrogen) atoms. The monoisotopic (exact) mass is 293 g/mol. The summed E-state index contributed by atoms with van der Waals surface area (Å²) in [6, 6.07) is 6.80. The van der Waals surface area contributed by atoms with Crippen LogP contribution < -0.4 is 10.1 Å². The van der Waals surface area contributed by atoms with Crippen molar-refractivity contribution in [1.29, 1.82) is 0 Å². The third kappa shape index (κ3) is 3.50. The van der Waals surface area contributed by atoms with Gasteiger partial charge in [0.25, 0.3) is 0 Å². The van der Waals surface area contributed by atoms with Crippen molar-refractivity contribution in [3.05, 3.63) is 29.3 Å². The molecule has 2 nitrogen and oxygen atoms in total. The van der Waals surface area contributed by atoms with Crippen LogP contribution >= 0.6 is 11.8 Å². The maximum absolute atomic E-state index is 5.53. The van der Waals surface area contributed by atoms with E-state index in [0.29, 0.717) is 10.8 Å². The Kier molecular flexibility index (Phi) is 5.39. The van der Waals surface area contributed by atoms with Crippen molar-refractivity contribution in [2.45, 2.75) is 50.3 Å². The Morgan fingerprint density at radius 1 is 1.35 bits per heavy atom. The minimum atomic E-state index is 0.329. The minimum absolute atomic E-state index is 0.329. The molecule has 0 amide bonds. The summed E-state index contributed by atoms with van der Waals surface area (Å²) < 4.78 is 5.98. The fourth-order valence-electron chi connectivity index (χ4n) is 3.10. The number of ether oxygens (including phenoxy) is 1. The molecule has 112 valence electrons. The molecular formula is C17H27NOS. The van der Waals surface area contributed by atoms with E-state index in [1.54, 1.807) is 7.11 Å². The lowest BCUT2D eigenvalue weighted by atomic mass is 10.0. The smallest absolute Gasteiger partial charge is 0.123 e. The van der Waals surface area contributed by atoms with Gasteiger partial charge in [-0.3, -0.25) is 0 Å². The molecule has 3 heteroatoms. The second-order valence-electron chi connectivity index (χ2n) is 5.94. The Morgan fingerprint density at radius 3 is 2.65 bits per heavy atom. The number of benzene rings is 1. The molecule has 1 aromatic rings. The predicted octanol–water partition coefficient (Wildman–Crippen LogP) is 4.33. The normalized spacial score (nSPS) is 19.0. The Bertz CT molecular complexity index is 441. The molecule has 0 heterocycles. The first-order chi connectivity index (χ1) is 9.60. The van der Waals surface area contributed by atoms with Gasteiger partial charge in [0.05, 0.1) is 7.11 Å². The lowest BCUT2D eigenvalue weighted by molar-refractivity contribution is 0.398. The largest absolute Gasteiger partial charge is 0.496 e. The van der Waals surface area contributed by atoms with Gasteiger partial charge in [-0.15, -0.1) is 0 Å². The second-order valence-corrected chi connectivity index (χ2v) is 7.22. The van der Waals surface area contributed by atoms with Crippen LogP contribution in [-0.2, 0) is 0 Å². The molecule has 1 fully saturated rings. The van der Waals surface area contributed by atoms with Gasteiger partial charge in [-0.1, -0.05) is 25.0 Å². The Morgan fingerprint density at radius 2 is 2.05 bits per heavy atom. The maximum Gasteiger partial charge on any atom is 0.123 e. The number of hydrogen-bond donors (Lipinski definition) is 1. The van der Waals surface area contributed by atoms with E-state index < -0.39 is 0 Å². The molecule has 1 saturated carbocycles. The van der Waals surface area contributed by atoms with E-state index >= 15 is 0 Å². The zero-order valence-electron chi connectivity index (χ0n) is 13.2. The number of nitrogens with one attached hydrogen (secondary N) is 1. The average Bonchev–Trinajstić information content (AvgIpc) is 2.94. The van der Waals surface area contributed by atoms with Gasteiger partial charge in [0, 0.05) is 22.9 Å². The highest BCUT2D eigenvalue weighted by Gasteiger charge is 2.33. The predicted molar refractivity (Wildman–Crippen MR) is 88.9 cm³/mol. The van der Waals surface area contributed by atoms with Gasteiger partial charge < -0.3 is 10.1 Å². The number of hydrogen-bond acceptors (Lipinski definition) is 3. The van der Waals surface area contributed by atoms with E-state index in [9.17, 15) is 0 Å². The molecule has 1 aliphatic carbocycles. The summed E-state index contributed by atoms with van der Waals surface area (Å²) in [5, 5.41) is 3.73. The third-order valence-corrected chi connectivity index (χ3v) is 5.95. The zero-order valence-corrected chi connectivity index (χ0v) is 14.0. The molecule has 1 aromatic carbocycles. The van der Waals surface area contributed by atoms with Crippen LogP contribution in [-0.4, -0.2) is 24.7 Å². The molecule has 0 aromatic heterocycles. The van der Waals surface area contributed by atoms with Gasteiger partial charge in [-0.2, -0.15) is 11.8 Å². The minimum Gasteiger partial charge on any atom is -0.496 e. The number of rotatable bonds is 6. The van der Waals surface area contributed by atoms with E-state index in [1.807, 2.05) is 11.8 Å². The van der Waals surface area contributed by atoms with Crippen LogP contribution in [0.2, 0.25) is 0 Å². The van der Waals surface area contributed by atoms with E-state index in [2.05, 4.69) is 43.6 Å². The van der Waals surface area contributed by atoms with E-state index in [-0.39, 0.29) is 0 Å². The summed E-state index contributed by atoms with van der Waals surface area (Å²) in [5.74, 6) is 0.995.